The van der Waals surface area contributed by atoms with E-state index in [4.69, 9.17) is 0 Å². The zero-order valence-corrected chi connectivity index (χ0v) is 35.3. The average molecular weight is 802 g/mol. The van der Waals surface area contributed by atoms with Crippen LogP contribution in [0.5, 0.6) is 0 Å². The molecule has 296 valence electrons. The summed E-state index contributed by atoms with van der Waals surface area (Å²) in [4.78, 5) is 2.51. The summed E-state index contributed by atoms with van der Waals surface area (Å²) in [7, 11) is 0. The Bertz CT molecular complexity index is 3500. The number of fused-ring (bicyclic) bond motifs is 16. The molecule has 3 aliphatic rings. The highest BCUT2D eigenvalue weighted by Crippen LogP contribution is 2.62. The van der Waals surface area contributed by atoms with E-state index in [2.05, 4.69) is 243 Å². The normalized spacial score (nSPS) is 15.7. The molecule has 0 amide bonds. The number of benzene rings is 10. The lowest BCUT2D eigenvalue weighted by atomic mass is 9.65. The molecule has 0 saturated carbocycles. The quantitative estimate of drug-likeness (QED) is 0.171. The highest BCUT2D eigenvalue weighted by molar-refractivity contribution is 6.02. The molecule has 1 unspecified atom stereocenters. The molecule has 1 atom stereocenters. The number of rotatable bonds is 4. The summed E-state index contributed by atoms with van der Waals surface area (Å²) in [5, 5.41) is 2.52. The molecule has 0 bridgehead atoms. The van der Waals surface area contributed by atoms with Crippen LogP contribution in [0.25, 0.3) is 66.4 Å². The van der Waals surface area contributed by atoms with Gasteiger partial charge in [-0.15, -0.1) is 0 Å². The van der Waals surface area contributed by atoms with Crippen LogP contribution in [-0.4, -0.2) is 0 Å². The predicted molar refractivity (Wildman–Crippen MR) is 263 cm³/mol. The van der Waals surface area contributed by atoms with Crippen molar-refractivity contribution in [1.29, 1.82) is 0 Å². The Balaban J connectivity index is 1.13. The fourth-order valence-electron chi connectivity index (χ4n) is 11.7. The summed E-state index contributed by atoms with van der Waals surface area (Å²) >= 11 is 0. The van der Waals surface area contributed by atoms with E-state index in [-0.39, 0.29) is 5.41 Å². The van der Waals surface area contributed by atoms with Crippen molar-refractivity contribution in [2.24, 2.45) is 0 Å². The van der Waals surface area contributed by atoms with E-state index in [0.29, 0.717) is 0 Å². The first kappa shape index (κ1) is 36.0. The molecule has 0 saturated heterocycles. The van der Waals surface area contributed by atoms with Gasteiger partial charge < -0.3 is 4.90 Å². The Kier molecular flexibility index (Phi) is 7.64. The van der Waals surface area contributed by atoms with Crippen LogP contribution in [0.2, 0.25) is 0 Å². The topological polar surface area (TPSA) is 3.24 Å². The second-order valence-corrected chi connectivity index (χ2v) is 18.0. The van der Waals surface area contributed by atoms with Crippen LogP contribution < -0.4 is 4.90 Å². The summed E-state index contributed by atoms with van der Waals surface area (Å²) in [5.41, 5.74) is 23.3. The molecule has 63 heavy (non-hydrogen) atoms. The van der Waals surface area contributed by atoms with Gasteiger partial charge in [-0.25, -0.2) is 0 Å². The van der Waals surface area contributed by atoms with Gasteiger partial charge in [0.1, 0.15) is 0 Å². The van der Waals surface area contributed by atoms with Gasteiger partial charge in [0.2, 0.25) is 0 Å². The molecule has 1 spiro atoms. The highest BCUT2D eigenvalue weighted by atomic mass is 15.1. The van der Waals surface area contributed by atoms with Gasteiger partial charge in [-0.1, -0.05) is 196 Å². The Labute approximate surface area is 369 Å². The Morgan fingerprint density at radius 3 is 1.46 bits per heavy atom. The number of hydrogen-bond donors (Lipinski definition) is 0. The van der Waals surface area contributed by atoms with Crippen molar-refractivity contribution in [2.75, 3.05) is 4.90 Å². The van der Waals surface area contributed by atoms with E-state index >= 15 is 0 Å². The van der Waals surface area contributed by atoms with Crippen LogP contribution in [0, 0.1) is 0 Å². The molecule has 10 aromatic rings. The Morgan fingerprint density at radius 2 is 0.746 bits per heavy atom. The molecule has 1 heteroatoms. The number of hydrogen-bond acceptors (Lipinski definition) is 1. The second kappa shape index (κ2) is 13.4. The third-order valence-electron chi connectivity index (χ3n) is 14.5. The Morgan fingerprint density at radius 1 is 0.286 bits per heavy atom. The summed E-state index contributed by atoms with van der Waals surface area (Å²) in [5.74, 6) is 0. The van der Waals surface area contributed by atoms with E-state index in [0.717, 1.165) is 17.1 Å². The smallest absolute Gasteiger partial charge is 0.0725 e. The van der Waals surface area contributed by atoms with Crippen molar-refractivity contribution in [3.63, 3.8) is 0 Å². The third kappa shape index (κ3) is 4.99. The van der Waals surface area contributed by atoms with Crippen LogP contribution in [0.3, 0.4) is 0 Å². The minimum atomic E-state index is -0.574. The lowest BCUT2D eigenvalue weighted by molar-refractivity contribution is 0.660. The van der Waals surface area contributed by atoms with Gasteiger partial charge in [0.25, 0.3) is 0 Å². The van der Waals surface area contributed by atoms with Crippen molar-refractivity contribution in [1.82, 2.24) is 0 Å². The summed E-state index contributed by atoms with van der Waals surface area (Å²) in [6, 6.07) is 84.4. The highest BCUT2D eigenvalue weighted by Gasteiger charge is 2.50. The molecule has 0 fully saturated rings. The lowest BCUT2D eigenvalue weighted by Gasteiger charge is -2.36. The van der Waals surface area contributed by atoms with Crippen LogP contribution in [-0.2, 0) is 10.8 Å². The largest absolute Gasteiger partial charge is 0.310 e. The minimum Gasteiger partial charge on any atom is -0.310 e. The average Bonchev–Trinajstić information content (AvgIpc) is 3.71. The number of anilines is 3. The van der Waals surface area contributed by atoms with Crippen molar-refractivity contribution in [3.05, 3.63) is 258 Å². The zero-order chi connectivity index (χ0) is 41.9. The van der Waals surface area contributed by atoms with Gasteiger partial charge in [0.15, 0.2) is 0 Å². The van der Waals surface area contributed by atoms with Gasteiger partial charge in [-0.05, 0) is 137 Å². The van der Waals surface area contributed by atoms with E-state index in [9.17, 15) is 0 Å². The first-order valence-electron chi connectivity index (χ1n) is 22.2. The Hall–Kier alpha value is -7.74. The second-order valence-electron chi connectivity index (χ2n) is 18.0. The standard InChI is InChI=1S/C62H43N/c1-61(2)54-28-14-10-26-49(54)51-34-32-44(39-58(51)61)63(60-31-17-13-22-45(60)40-18-4-3-5-19-40)43-33-35-57-53(38-43)47-24-9-8-23-46(47)48-25-11-15-29-55(48)62(57)56-30-16-12-27-50(56)52-36-41-20-6-7-21-42(41)37-59(52)62/h3-39H,1-2H3. The summed E-state index contributed by atoms with van der Waals surface area (Å²) in [6.07, 6.45) is 0. The SMILES string of the molecule is CC1(C)c2ccccc2-c2ccc(N(c3ccc4c(c3)-c3ccccc3-c3ccccc3C43c4ccccc4-c4cc5ccccc5cc43)c3ccccc3-c3ccccc3)cc21. The molecular formula is C62H43N. The number of nitrogens with zero attached hydrogens (tertiary/aromatic N) is 1. The van der Waals surface area contributed by atoms with Gasteiger partial charge in [-0.2, -0.15) is 0 Å². The molecule has 1 nitrogen and oxygen atoms in total. The molecule has 0 aliphatic heterocycles. The monoisotopic (exact) mass is 801 g/mol. The molecular weight excluding hydrogens is 759 g/mol. The third-order valence-corrected chi connectivity index (χ3v) is 14.5. The van der Waals surface area contributed by atoms with Gasteiger partial charge in [0, 0.05) is 22.4 Å². The first-order chi connectivity index (χ1) is 31.0. The molecule has 3 aliphatic carbocycles. The van der Waals surface area contributed by atoms with Gasteiger partial charge in [-0.3, -0.25) is 0 Å². The van der Waals surface area contributed by atoms with Crippen molar-refractivity contribution in [3.8, 4) is 55.6 Å². The fourth-order valence-corrected chi connectivity index (χ4v) is 11.7. The van der Waals surface area contributed by atoms with E-state index in [1.165, 1.54) is 99.8 Å². The van der Waals surface area contributed by atoms with Gasteiger partial charge in [0.05, 0.1) is 11.1 Å². The van der Waals surface area contributed by atoms with Crippen molar-refractivity contribution >= 4 is 27.8 Å². The van der Waals surface area contributed by atoms with E-state index in [1.807, 2.05) is 0 Å². The molecule has 13 rings (SSSR count). The van der Waals surface area contributed by atoms with Crippen LogP contribution in [0.15, 0.2) is 224 Å². The predicted octanol–water partition coefficient (Wildman–Crippen LogP) is 16.3. The van der Waals surface area contributed by atoms with Crippen LogP contribution in [0.1, 0.15) is 47.2 Å². The molecule has 0 radical (unpaired) electrons. The molecule has 10 aromatic carbocycles. The molecule has 0 heterocycles. The molecule has 0 aromatic heterocycles. The number of para-hydroxylation sites is 1. The van der Waals surface area contributed by atoms with Crippen molar-refractivity contribution < 1.29 is 0 Å². The lowest BCUT2D eigenvalue weighted by Crippen LogP contribution is -2.29. The molecule has 0 N–H and O–H groups in total. The summed E-state index contributed by atoms with van der Waals surface area (Å²) in [6.45, 7) is 4.75. The van der Waals surface area contributed by atoms with Crippen molar-refractivity contribution in [2.45, 2.75) is 24.7 Å². The van der Waals surface area contributed by atoms with E-state index < -0.39 is 5.41 Å². The maximum Gasteiger partial charge on any atom is 0.0725 e. The maximum atomic E-state index is 2.51. The van der Waals surface area contributed by atoms with Crippen LogP contribution >= 0.6 is 0 Å². The first-order valence-corrected chi connectivity index (χ1v) is 22.2. The maximum absolute atomic E-state index is 2.51. The summed E-state index contributed by atoms with van der Waals surface area (Å²) < 4.78 is 0. The minimum absolute atomic E-state index is 0.148. The fraction of sp³-hybridized carbons (Fsp3) is 0.0645. The van der Waals surface area contributed by atoms with Crippen LogP contribution in [0.4, 0.5) is 17.1 Å². The van der Waals surface area contributed by atoms with Gasteiger partial charge >= 0.3 is 0 Å². The zero-order valence-electron chi connectivity index (χ0n) is 35.3. The van der Waals surface area contributed by atoms with E-state index in [1.54, 1.807) is 0 Å².